The van der Waals surface area contributed by atoms with Crippen LogP contribution >= 0.6 is 11.6 Å². The summed E-state index contributed by atoms with van der Waals surface area (Å²) in [6.07, 6.45) is 0. The molecule has 0 radical (unpaired) electrons. The number of hydrogen-bond donors (Lipinski definition) is 1. The van der Waals surface area contributed by atoms with Crippen LogP contribution in [0.1, 0.15) is 6.92 Å². The molecule has 0 saturated heterocycles. The third-order valence-electron chi connectivity index (χ3n) is 2.18. The molecule has 1 heterocycles. The van der Waals surface area contributed by atoms with Crippen LogP contribution in [0.3, 0.4) is 0 Å². The third-order valence-corrected chi connectivity index (χ3v) is 2.43. The second-order valence-corrected chi connectivity index (χ2v) is 3.97. The molecule has 2 aromatic rings. The van der Waals surface area contributed by atoms with Crippen molar-refractivity contribution >= 4 is 23.4 Å². The minimum absolute atomic E-state index is 0.245. The van der Waals surface area contributed by atoms with E-state index < -0.39 is 0 Å². The van der Waals surface area contributed by atoms with Gasteiger partial charge < -0.3 is 14.6 Å². The summed E-state index contributed by atoms with van der Waals surface area (Å²) in [7, 11) is 3.14. The van der Waals surface area contributed by atoms with E-state index in [1.807, 2.05) is 30.3 Å². The lowest BCUT2D eigenvalue weighted by Gasteiger charge is -1.93. The summed E-state index contributed by atoms with van der Waals surface area (Å²) >= 11 is 5.77. The Kier molecular flexibility index (Phi) is 5.89. The molecular weight excluding hydrogens is 268 g/mol. The van der Waals surface area contributed by atoms with E-state index in [0.717, 1.165) is 17.1 Å². The smallest absolute Gasteiger partial charge is 0.302 e. The molecule has 0 aliphatic heterocycles. The van der Waals surface area contributed by atoms with Gasteiger partial charge in [0.25, 0.3) is 0 Å². The summed E-state index contributed by atoms with van der Waals surface area (Å²) in [5.41, 5.74) is 0.961. The molecule has 19 heavy (non-hydrogen) atoms. The predicted octanol–water partition coefficient (Wildman–Crippen LogP) is 3.22. The van der Waals surface area contributed by atoms with Crippen molar-refractivity contribution < 1.29 is 14.1 Å². The number of esters is 1. The van der Waals surface area contributed by atoms with Crippen LogP contribution in [0.15, 0.2) is 34.9 Å². The molecule has 1 aromatic heterocycles. The molecule has 0 amide bonds. The van der Waals surface area contributed by atoms with E-state index in [4.69, 9.17) is 16.1 Å². The zero-order valence-electron chi connectivity index (χ0n) is 10.9. The van der Waals surface area contributed by atoms with Gasteiger partial charge >= 0.3 is 5.97 Å². The van der Waals surface area contributed by atoms with Crippen LogP contribution in [0, 0.1) is 0 Å². The Morgan fingerprint density at radius 2 is 1.95 bits per heavy atom. The maximum absolute atomic E-state index is 9.59. The quantitative estimate of drug-likeness (QED) is 0.857. The van der Waals surface area contributed by atoms with Gasteiger partial charge in [-0.3, -0.25) is 4.79 Å². The molecule has 6 heteroatoms. The van der Waals surface area contributed by atoms with Crippen molar-refractivity contribution in [2.24, 2.45) is 0 Å². The molecular formula is C13H15ClN2O3. The number of benzene rings is 1. The maximum atomic E-state index is 9.59. The molecule has 0 bridgehead atoms. The van der Waals surface area contributed by atoms with Crippen LogP contribution in [0.25, 0.3) is 11.3 Å². The molecule has 0 aliphatic carbocycles. The first kappa shape index (κ1) is 15.0. The highest BCUT2D eigenvalue weighted by molar-refractivity contribution is 6.30. The average molecular weight is 283 g/mol. The van der Waals surface area contributed by atoms with Crippen molar-refractivity contribution in [3.8, 4) is 11.3 Å². The van der Waals surface area contributed by atoms with Crippen LogP contribution in [-0.2, 0) is 9.53 Å². The second kappa shape index (κ2) is 7.43. The summed E-state index contributed by atoms with van der Waals surface area (Å²) in [4.78, 5) is 9.59. The van der Waals surface area contributed by atoms with E-state index in [1.54, 1.807) is 7.05 Å². The van der Waals surface area contributed by atoms with Gasteiger partial charge in [0, 0.05) is 30.6 Å². The van der Waals surface area contributed by atoms with Crippen molar-refractivity contribution in [3.63, 3.8) is 0 Å². The van der Waals surface area contributed by atoms with E-state index in [9.17, 15) is 4.79 Å². The normalized spacial score (nSPS) is 9.26. The average Bonchev–Trinajstić information content (AvgIpc) is 2.89. The Labute approximate surface area is 116 Å². The van der Waals surface area contributed by atoms with Crippen molar-refractivity contribution in [2.75, 3.05) is 19.5 Å². The van der Waals surface area contributed by atoms with Crippen LogP contribution < -0.4 is 5.32 Å². The van der Waals surface area contributed by atoms with Crippen molar-refractivity contribution in [1.82, 2.24) is 5.16 Å². The summed E-state index contributed by atoms with van der Waals surface area (Å²) in [5.74, 6) is 1.20. The lowest BCUT2D eigenvalue weighted by atomic mass is 10.2. The zero-order valence-corrected chi connectivity index (χ0v) is 11.7. The number of anilines is 1. The van der Waals surface area contributed by atoms with Crippen molar-refractivity contribution in [3.05, 3.63) is 35.4 Å². The number of nitrogens with zero attached hydrogens (tertiary/aromatic N) is 1. The molecule has 2 rings (SSSR count). The van der Waals surface area contributed by atoms with Gasteiger partial charge in [0.2, 0.25) is 0 Å². The maximum Gasteiger partial charge on any atom is 0.302 e. The minimum Gasteiger partial charge on any atom is -0.469 e. The highest BCUT2D eigenvalue weighted by Gasteiger charge is 2.04. The Balaban J connectivity index is 0.000000312. The van der Waals surface area contributed by atoms with Crippen LogP contribution in [-0.4, -0.2) is 25.3 Å². The fraction of sp³-hybridized carbons (Fsp3) is 0.231. The van der Waals surface area contributed by atoms with Gasteiger partial charge in [-0.2, -0.15) is 0 Å². The summed E-state index contributed by atoms with van der Waals surface area (Å²) in [6.45, 7) is 1.36. The van der Waals surface area contributed by atoms with Gasteiger partial charge in [-0.05, 0) is 24.3 Å². The standard InChI is InChI=1S/C10H9ClN2O.C3H6O2/c1-12-10-6-9(14-13-10)7-2-4-8(11)5-3-7;1-3(4)5-2/h2-6H,1H3,(H,12,13);1-2H3. The second-order valence-electron chi connectivity index (χ2n) is 3.53. The van der Waals surface area contributed by atoms with Gasteiger partial charge in [0.1, 0.15) is 0 Å². The first-order valence-corrected chi connectivity index (χ1v) is 5.89. The monoisotopic (exact) mass is 282 g/mol. The van der Waals surface area contributed by atoms with Crippen LogP contribution in [0.5, 0.6) is 0 Å². The summed E-state index contributed by atoms with van der Waals surface area (Å²) in [6, 6.07) is 9.25. The van der Waals surface area contributed by atoms with E-state index >= 15 is 0 Å². The SMILES string of the molecule is CNc1cc(-c2ccc(Cl)cc2)on1.COC(C)=O. The first-order valence-electron chi connectivity index (χ1n) is 5.51. The molecule has 0 unspecified atom stereocenters. The number of methoxy groups -OCH3 is 1. The van der Waals surface area contributed by atoms with Crippen molar-refractivity contribution in [1.29, 1.82) is 0 Å². The fourth-order valence-electron chi connectivity index (χ4n) is 1.14. The van der Waals surface area contributed by atoms with Gasteiger partial charge in [-0.1, -0.05) is 16.8 Å². The lowest BCUT2D eigenvalue weighted by molar-refractivity contribution is -0.137. The highest BCUT2D eigenvalue weighted by atomic mass is 35.5. The molecule has 0 aliphatic rings. The number of carbonyl (C=O) groups is 1. The van der Waals surface area contributed by atoms with Crippen LogP contribution in [0.2, 0.25) is 5.02 Å². The Morgan fingerprint density at radius 3 is 2.37 bits per heavy atom. The van der Waals surface area contributed by atoms with Crippen LogP contribution in [0.4, 0.5) is 5.82 Å². The molecule has 0 atom stereocenters. The Morgan fingerprint density at radius 1 is 1.37 bits per heavy atom. The largest absolute Gasteiger partial charge is 0.469 e. The molecule has 1 N–H and O–H groups in total. The fourth-order valence-corrected chi connectivity index (χ4v) is 1.27. The molecule has 1 aromatic carbocycles. The lowest BCUT2D eigenvalue weighted by Crippen LogP contribution is -1.88. The van der Waals surface area contributed by atoms with Gasteiger partial charge in [0.15, 0.2) is 11.6 Å². The molecule has 0 fully saturated rings. The topological polar surface area (TPSA) is 64.4 Å². The molecule has 102 valence electrons. The number of hydrogen-bond acceptors (Lipinski definition) is 5. The molecule has 0 saturated carbocycles. The Hall–Kier alpha value is -2.01. The third kappa shape index (κ3) is 5.01. The Bertz CT molecular complexity index is 523. The number of rotatable bonds is 2. The van der Waals surface area contributed by atoms with Gasteiger partial charge in [-0.15, -0.1) is 0 Å². The van der Waals surface area contributed by atoms with Gasteiger partial charge in [-0.25, -0.2) is 0 Å². The summed E-state index contributed by atoms with van der Waals surface area (Å²) < 4.78 is 9.24. The number of ether oxygens (including phenoxy) is 1. The minimum atomic E-state index is -0.245. The number of carbonyl (C=O) groups excluding carboxylic acids is 1. The van der Waals surface area contributed by atoms with E-state index in [-0.39, 0.29) is 5.97 Å². The van der Waals surface area contributed by atoms with Gasteiger partial charge in [0.05, 0.1) is 7.11 Å². The van der Waals surface area contributed by atoms with E-state index in [0.29, 0.717) is 5.02 Å². The molecule has 5 nitrogen and oxygen atoms in total. The molecule has 0 spiro atoms. The first-order chi connectivity index (χ1) is 9.06. The predicted molar refractivity (Wildman–Crippen MR) is 74.2 cm³/mol. The van der Waals surface area contributed by atoms with E-state index in [1.165, 1.54) is 14.0 Å². The highest BCUT2D eigenvalue weighted by Crippen LogP contribution is 2.23. The number of halogens is 1. The van der Waals surface area contributed by atoms with E-state index in [2.05, 4.69) is 15.2 Å². The van der Waals surface area contributed by atoms with Crippen molar-refractivity contribution in [2.45, 2.75) is 6.92 Å². The number of nitrogens with one attached hydrogen (secondary N) is 1. The summed E-state index contributed by atoms with van der Waals surface area (Å²) in [5, 5.41) is 7.42. The zero-order chi connectivity index (χ0) is 14.3. The number of aromatic nitrogens is 1.